The number of aliphatic hydroxyl groups is 1. The smallest absolute Gasteiger partial charge is 0.290 e. The van der Waals surface area contributed by atoms with Crippen LogP contribution < -0.4 is 9.47 Å². The molecule has 0 saturated carbocycles. The molecule has 0 aliphatic carbocycles. The van der Waals surface area contributed by atoms with Gasteiger partial charge in [-0.05, 0) is 57.7 Å². The lowest BCUT2D eigenvalue weighted by molar-refractivity contribution is -0.131. The number of thiazole rings is 1. The van der Waals surface area contributed by atoms with Crippen LogP contribution in [-0.2, 0) is 9.53 Å². The number of ether oxygens (including phenoxy) is 3. The van der Waals surface area contributed by atoms with Gasteiger partial charge in [0.1, 0.15) is 0 Å². The molecule has 2 aliphatic heterocycles. The molecule has 1 fully saturated rings. The highest BCUT2D eigenvalue weighted by Gasteiger charge is 2.45. The first kappa shape index (κ1) is 26.2. The molecule has 4 rings (SSSR count). The van der Waals surface area contributed by atoms with E-state index in [4.69, 9.17) is 14.2 Å². The van der Waals surface area contributed by atoms with E-state index in [1.807, 2.05) is 32.0 Å². The number of nitrogens with zero attached hydrogens (tertiary/aromatic N) is 2. The first-order valence-electron chi connectivity index (χ1n) is 12.6. The van der Waals surface area contributed by atoms with E-state index >= 15 is 0 Å². The highest BCUT2D eigenvalue weighted by molar-refractivity contribution is 7.14. The zero-order valence-electron chi connectivity index (χ0n) is 21.3. The van der Waals surface area contributed by atoms with Crippen molar-refractivity contribution in [3.63, 3.8) is 0 Å². The van der Waals surface area contributed by atoms with Crippen LogP contribution in [0.5, 0.6) is 11.5 Å². The summed E-state index contributed by atoms with van der Waals surface area (Å²) in [6.07, 6.45) is 3.52. The maximum atomic E-state index is 13.7. The Morgan fingerprint density at radius 2 is 2.06 bits per heavy atom. The fourth-order valence-corrected chi connectivity index (χ4v) is 5.58. The zero-order chi connectivity index (χ0) is 25.8. The highest BCUT2D eigenvalue weighted by atomic mass is 32.1. The Kier molecular flexibility index (Phi) is 8.31. The van der Waals surface area contributed by atoms with Crippen molar-refractivity contribution in [1.29, 1.82) is 0 Å². The minimum Gasteiger partial charge on any atom is -0.503 e. The molecule has 0 bridgehead atoms. The molecule has 194 valence electrons. The van der Waals surface area contributed by atoms with Gasteiger partial charge in [-0.3, -0.25) is 9.59 Å². The van der Waals surface area contributed by atoms with E-state index in [0.29, 0.717) is 47.5 Å². The van der Waals surface area contributed by atoms with Gasteiger partial charge >= 0.3 is 0 Å². The standard InChI is InChI=1S/C27H34N2O6S/c1-5-7-12-35-20-11-10-18(14-21(20)33-6-2)23-22(24(30)26-16(3)28-17(4)36-26)25(31)27(32)29(23)15-19-9-8-13-34-19/h10-11,14,19,23,31H,5-9,12-13,15H2,1-4H3. The number of hydrogen-bond acceptors (Lipinski definition) is 8. The number of carbonyl (C=O) groups excluding carboxylic acids is 2. The van der Waals surface area contributed by atoms with E-state index in [1.165, 1.54) is 11.3 Å². The Balaban J connectivity index is 1.76. The number of carbonyl (C=O) groups is 2. The first-order valence-corrected chi connectivity index (χ1v) is 13.4. The van der Waals surface area contributed by atoms with E-state index in [2.05, 4.69) is 11.9 Å². The van der Waals surface area contributed by atoms with Gasteiger partial charge in [-0.2, -0.15) is 0 Å². The van der Waals surface area contributed by atoms with Crippen LogP contribution >= 0.6 is 11.3 Å². The summed E-state index contributed by atoms with van der Waals surface area (Å²) in [7, 11) is 0. The van der Waals surface area contributed by atoms with Crippen LogP contribution in [0.4, 0.5) is 0 Å². The predicted octanol–water partition coefficient (Wildman–Crippen LogP) is 5.09. The Morgan fingerprint density at radius 1 is 1.25 bits per heavy atom. The summed E-state index contributed by atoms with van der Waals surface area (Å²) in [5.74, 6) is -0.323. The molecule has 1 saturated heterocycles. The van der Waals surface area contributed by atoms with E-state index < -0.39 is 17.7 Å². The Labute approximate surface area is 215 Å². The summed E-state index contributed by atoms with van der Waals surface area (Å²) in [6, 6.07) is 4.67. The third-order valence-corrected chi connectivity index (χ3v) is 7.49. The molecule has 1 N–H and O–H groups in total. The average Bonchev–Trinajstić information content (AvgIpc) is 3.55. The number of Topliss-reactive ketones (excluding diaryl/α,β-unsaturated/α-hetero) is 1. The molecule has 2 aliphatic rings. The minimum absolute atomic E-state index is 0.0619. The number of ketones is 1. The molecule has 2 atom stereocenters. The molecule has 36 heavy (non-hydrogen) atoms. The van der Waals surface area contributed by atoms with Crippen LogP contribution in [0.25, 0.3) is 0 Å². The van der Waals surface area contributed by atoms with Crippen LogP contribution in [0.15, 0.2) is 29.5 Å². The molecule has 9 heteroatoms. The number of aryl methyl sites for hydroxylation is 2. The number of amides is 1. The molecule has 8 nitrogen and oxygen atoms in total. The summed E-state index contributed by atoms with van der Waals surface area (Å²) in [5, 5.41) is 11.7. The third kappa shape index (κ3) is 5.27. The number of unbranched alkanes of at least 4 members (excludes halogenated alkanes) is 1. The molecule has 3 heterocycles. The fraction of sp³-hybridized carbons (Fsp3) is 0.519. The minimum atomic E-state index is -0.778. The molecule has 1 aromatic carbocycles. The molecule has 0 radical (unpaired) electrons. The zero-order valence-corrected chi connectivity index (χ0v) is 22.2. The fourth-order valence-electron chi connectivity index (χ4n) is 4.70. The van der Waals surface area contributed by atoms with Gasteiger partial charge in [0.2, 0.25) is 5.78 Å². The van der Waals surface area contributed by atoms with Crippen LogP contribution in [0.2, 0.25) is 0 Å². The maximum absolute atomic E-state index is 13.7. The van der Waals surface area contributed by atoms with Gasteiger partial charge in [0.25, 0.3) is 5.91 Å². The quantitative estimate of drug-likeness (QED) is 0.329. The van der Waals surface area contributed by atoms with Gasteiger partial charge < -0.3 is 24.2 Å². The lowest BCUT2D eigenvalue weighted by atomic mass is 9.94. The number of aliphatic hydroxyl groups excluding tert-OH is 1. The second-order valence-electron chi connectivity index (χ2n) is 9.08. The van der Waals surface area contributed by atoms with Gasteiger partial charge in [-0.1, -0.05) is 19.4 Å². The summed E-state index contributed by atoms with van der Waals surface area (Å²) >= 11 is 1.26. The van der Waals surface area contributed by atoms with Crippen molar-refractivity contribution in [2.45, 2.75) is 65.5 Å². The van der Waals surface area contributed by atoms with Crippen LogP contribution in [0, 0.1) is 13.8 Å². The van der Waals surface area contributed by atoms with Crippen LogP contribution in [0.3, 0.4) is 0 Å². The van der Waals surface area contributed by atoms with E-state index in [-0.39, 0.29) is 24.0 Å². The molecule has 1 amide bonds. The summed E-state index contributed by atoms with van der Waals surface area (Å²) < 4.78 is 17.6. The normalized spacial score (nSPS) is 19.9. The van der Waals surface area contributed by atoms with Gasteiger partial charge in [0, 0.05) is 13.2 Å². The van der Waals surface area contributed by atoms with E-state index in [0.717, 1.165) is 30.7 Å². The van der Waals surface area contributed by atoms with Crippen molar-refractivity contribution in [1.82, 2.24) is 9.88 Å². The number of hydrogen-bond donors (Lipinski definition) is 1. The molecule has 2 aromatic rings. The van der Waals surface area contributed by atoms with Crippen molar-refractivity contribution in [3.05, 3.63) is 50.7 Å². The van der Waals surface area contributed by atoms with E-state index in [9.17, 15) is 14.7 Å². The topological polar surface area (TPSA) is 98.2 Å². The Hall–Kier alpha value is -2.91. The van der Waals surface area contributed by atoms with Gasteiger partial charge in [0.05, 0.1) is 46.5 Å². The number of aromatic nitrogens is 1. The number of rotatable bonds is 11. The second-order valence-corrected chi connectivity index (χ2v) is 10.3. The lowest BCUT2D eigenvalue weighted by Crippen LogP contribution is -2.37. The third-order valence-electron chi connectivity index (χ3n) is 6.42. The second kappa shape index (κ2) is 11.4. The number of benzene rings is 1. The summed E-state index contributed by atoms with van der Waals surface area (Å²) in [4.78, 5) is 33.4. The first-order chi connectivity index (χ1) is 17.3. The molecule has 2 unspecified atom stereocenters. The van der Waals surface area contributed by atoms with Crippen molar-refractivity contribution in [2.75, 3.05) is 26.4 Å². The molecular weight excluding hydrogens is 480 g/mol. The Morgan fingerprint density at radius 3 is 2.69 bits per heavy atom. The van der Waals surface area contributed by atoms with E-state index in [1.54, 1.807) is 11.8 Å². The maximum Gasteiger partial charge on any atom is 0.290 e. The summed E-state index contributed by atoms with van der Waals surface area (Å²) in [5.41, 5.74) is 1.31. The average molecular weight is 515 g/mol. The lowest BCUT2D eigenvalue weighted by Gasteiger charge is -2.29. The SMILES string of the molecule is CCCCOc1ccc(C2C(C(=O)c3sc(C)nc3C)=C(O)C(=O)N2CC2CCCO2)cc1OCC. The van der Waals surface area contributed by atoms with Gasteiger partial charge in [-0.15, -0.1) is 11.3 Å². The van der Waals surface area contributed by atoms with Crippen molar-refractivity contribution in [3.8, 4) is 11.5 Å². The van der Waals surface area contributed by atoms with Crippen molar-refractivity contribution in [2.24, 2.45) is 0 Å². The van der Waals surface area contributed by atoms with Crippen molar-refractivity contribution < 1.29 is 28.9 Å². The molecular formula is C27H34N2O6S. The molecule has 1 aromatic heterocycles. The predicted molar refractivity (Wildman–Crippen MR) is 137 cm³/mol. The van der Waals surface area contributed by atoms with Crippen LogP contribution in [0.1, 0.15) is 71.5 Å². The van der Waals surface area contributed by atoms with Crippen molar-refractivity contribution >= 4 is 23.0 Å². The monoisotopic (exact) mass is 514 g/mol. The summed E-state index contributed by atoms with van der Waals surface area (Å²) in [6.45, 7) is 9.50. The van der Waals surface area contributed by atoms with Gasteiger partial charge in [-0.25, -0.2) is 4.98 Å². The van der Waals surface area contributed by atoms with Crippen LogP contribution in [-0.4, -0.2) is 59.2 Å². The largest absolute Gasteiger partial charge is 0.503 e. The molecule has 0 spiro atoms. The Bertz CT molecular complexity index is 1150. The highest BCUT2D eigenvalue weighted by Crippen LogP contribution is 2.43. The van der Waals surface area contributed by atoms with Gasteiger partial charge in [0.15, 0.2) is 17.3 Å².